The van der Waals surface area contributed by atoms with Crippen LogP contribution in [0.15, 0.2) is 24.3 Å². The monoisotopic (exact) mass is 282 g/mol. The highest BCUT2D eigenvalue weighted by atomic mass is 35.5. The molecule has 1 aromatic rings. The van der Waals surface area contributed by atoms with Crippen LogP contribution >= 0.6 is 11.6 Å². The number of halogens is 1. The van der Waals surface area contributed by atoms with Crippen molar-refractivity contribution in [1.82, 2.24) is 0 Å². The van der Waals surface area contributed by atoms with Crippen LogP contribution in [0.1, 0.15) is 40.0 Å². The van der Waals surface area contributed by atoms with Gasteiger partial charge in [0.15, 0.2) is 0 Å². The van der Waals surface area contributed by atoms with E-state index >= 15 is 0 Å². The fraction of sp³-hybridized carbons (Fsp3) is 0.625. The molecule has 0 saturated heterocycles. The molecule has 0 amide bonds. The van der Waals surface area contributed by atoms with Crippen molar-refractivity contribution in [2.75, 3.05) is 6.61 Å². The first-order valence-electron chi connectivity index (χ1n) is 7.19. The lowest BCUT2D eigenvalue weighted by atomic mass is 9.62. The Bertz CT molecular complexity index is 415. The van der Waals surface area contributed by atoms with Crippen molar-refractivity contribution in [2.24, 2.45) is 5.41 Å². The van der Waals surface area contributed by atoms with Gasteiger partial charge in [-0.05, 0) is 31.9 Å². The third-order valence-corrected chi connectivity index (χ3v) is 5.01. The van der Waals surface area contributed by atoms with Crippen LogP contribution in [0.3, 0.4) is 0 Å². The number of hydrogen-bond acceptors (Lipinski definition) is 2. The fourth-order valence-corrected chi connectivity index (χ4v) is 3.59. The van der Waals surface area contributed by atoms with E-state index in [-0.39, 0.29) is 16.9 Å². The number of ether oxygens (including phenoxy) is 2. The zero-order chi connectivity index (χ0) is 13.9. The largest absolute Gasteiger partial charge is 0.494 e. The molecule has 1 aromatic carbocycles. The van der Waals surface area contributed by atoms with Crippen LogP contribution < -0.4 is 9.47 Å². The maximum absolute atomic E-state index is 6.41. The van der Waals surface area contributed by atoms with Gasteiger partial charge in [0.05, 0.1) is 6.61 Å². The summed E-state index contributed by atoms with van der Waals surface area (Å²) in [4.78, 5) is 0. The zero-order valence-electron chi connectivity index (χ0n) is 12.0. The summed E-state index contributed by atoms with van der Waals surface area (Å²) in [6, 6.07) is 7.87. The molecule has 0 aromatic heterocycles. The molecular weight excluding hydrogens is 260 g/mol. The standard InChI is InChI=1S/C16H23ClO2/c1-4-16(5-2)14(17)11-15(16)19-13-9-7-8-12(10-13)18-6-3/h7-10,14-15H,4-6,11H2,1-3H3. The van der Waals surface area contributed by atoms with Gasteiger partial charge in [-0.2, -0.15) is 0 Å². The van der Waals surface area contributed by atoms with E-state index in [1.54, 1.807) is 0 Å². The van der Waals surface area contributed by atoms with Crippen LogP contribution in [-0.2, 0) is 0 Å². The molecule has 2 rings (SSSR count). The molecule has 0 heterocycles. The molecule has 0 aliphatic heterocycles. The second kappa shape index (κ2) is 6.04. The van der Waals surface area contributed by atoms with Crippen LogP contribution in [0.2, 0.25) is 0 Å². The normalized spacial score (nSPS) is 24.6. The molecule has 19 heavy (non-hydrogen) atoms. The molecule has 1 fully saturated rings. The Morgan fingerprint density at radius 2 is 1.89 bits per heavy atom. The van der Waals surface area contributed by atoms with Gasteiger partial charge in [0.2, 0.25) is 0 Å². The van der Waals surface area contributed by atoms with Crippen molar-refractivity contribution >= 4 is 11.6 Å². The van der Waals surface area contributed by atoms with Gasteiger partial charge in [0, 0.05) is 23.3 Å². The lowest BCUT2D eigenvalue weighted by Gasteiger charge is -2.52. The lowest BCUT2D eigenvalue weighted by molar-refractivity contribution is -0.0462. The van der Waals surface area contributed by atoms with Gasteiger partial charge in [-0.15, -0.1) is 11.6 Å². The molecule has 106 valence electrons. The molecule has 2 atom stereocenters. The highest BCUT2D eigenvalue weighted by Crippen LogP contribution is 2.51. The van der Waals surface area contributed by atoms with Gasteiger partial charge in [0.1, 0.15) is 17.6 Å². The summed E-state index contributed by atoms with van der Waals surface area (Å²) < 4.78 is 11.6. The zero-order valence-corrected chi connectivity index (χ0v) is 12.7. The van der Waals surface area contributed by atoms with Crippen molar-refractivity contribution in [1.29, 1.82) is 0 Å². The highest BCUT2D eigenvalue weighted by molar-refractivity contribution is 6.21. The Hall–Kier alpha value is -0.890. The summed E-state index contributed by atoms with van der Waals surface area (Å²) in [5, 5.41) is 0.238. The van der Waals surface area contributed by atoms with Crippen LogP contribution in [0.5, 0.6) is 11.5 Å². The van der Waals surface area contributed by atoms with Crippen molar-refractivity contribution < 1.29 is 9.47 Å². The van der Waals surface area contributed by atoms with Gasteiger partial charge in [-0.3, -0.25) is 0 Å². The molecule has 2 unspecified atom stereocenters. The third-order valence-electron chi connectivity index (χ3n) is 4.40. The van der Waals surface area contributed by atoms with Crippen molar-refractivity contribution in [2.45, 2.75) is 51.5 Å². The van der Waals surface area contributed by atoms with E-state index in [4.69, 9.17) is 21.1 Å². The Balaban J connectivity index is 2.07. The van der Waals surface area contributed by atoms with E-state index in [0.717, 1.165) is 30.8 Å². The van der Waals surface area contributed by atoms with Crippen LogP contribution in [-0.4, -0.2) is 18.1 Å². The quantitative estimate of drug-likeness (QED) is 0.707. The number of hydrogen-bond donors (Lipinski definition) is 0. The second-order valence-electron chi connectivity index (χ2n) is 5.16. The van der Waals surface area contributed by atoms with Crippen molar-refractivity contribution in [3.8, 4) is 11.5 Å². The first kappa shape index (κ1) is 14.5. The van der Waals surface area contributed by atoms with Gasteiger partial charge in [-0.25, -0.2) is 0 Å². The molecule has 0 bridgehead atoms. The average Bonchev–Trinajstić information content (AvgIpc) is 2.41. The highest BCUT2D eigenvalue weighted by Gasteiger charge is 2.53. The minimum Gasteiger partial charge on any atom is -0.494 e. The minimum absolute atomic E-state index is 0.128. The lowest BCUT2D eigenvalue weighted by Crippen LogP contribution is -2.56. The molecule has 1 aliphatic carbocycles. The van der Waals surface area contributed by atoms with E-state index in [0.29, 0.717) is 6.61 Å². The molecular formula is C16H23ClO2. The van der Waals surface area contributed by atoms with E-state index in [2.05, 4.69) is 13.8 Å². The molecule has 0 spiro atoms. The Morgan fingerprint density at radius 1 is 1.21 bits per heavy atom. The molecule has 0 N–H and O–H groups in total. The van der Waals surface area contributed by atoms with Gasteiger partial charge >= 0.3 is 0 Å². The van der Waals surface area contributed by atoms with Gasteiger partial charge in [-0.1, -0.05) is 19.9 Å². The summed E-state index contributed by atoms with van der Waals surface area (Å²) in [5.41, 5.74) is 0.128. The first-order valence-corrected chi connectivity index (χ1v) is 7.63. The van der Waals surface area contributed by atoms with Crippen LogP contribution in [0, 0.1) is 5.41 Å². The summed E-state index contributed by atoms with van der Waals surface area (Å²) in [6.07, 6.45) is 3.28. The van der Waals surface area contributed by atoms with Crippen LogP contribution in [0.25, 0.3) is 0 Å². The van der Waals surface area contributed by atoms with Gasteiger partial charge in [0.25, 0.3) is 0 Å². The summed E-state index contributed by atoms with van der Waals surface area (Å²) in [6.45, 7) is 7.05. The Morgan fingerprint density at radius 3 is 2.47 bits per heavy atom. The van der Waals surface area contributed by atoms with Gasteiger partial charge < -0.3 is 9.47 Å². The number of rotatable bonds is 6. The fourth-order valence-electron chi connectivity index (χ4n) is 2.98. The predicted molar refractivity (Wildman–Crippen MR) is 79.3 cm³/mol. The SMILES string of the molecule is CCOc1cccc(OC2CC(Cl)C2(CC)CC)c1. The topological polar surface area (TPSA) is 18.5 Å². The molecule has 1 saturated carbocycles. The smallest absolute Gasteiger partial charge is 0.123 e. The Labute approximate surface area is 121 Å². The maximum Gasteiger partial charge on any atom is 0.123 e. The third kappa shape index (κ3) is 2.69. The average molecular weight is 283 g/mol. The predicted octanol–water partition coefficient (Wildman–Crippen LogP) is 4.65. The van der Waals surface area contributed by atoms with Crippen molar-refractivity contribution in [3.05, 3.63) is 24.3 Å². The summed E-state index contributed by atoms with van der Waals surface area (Å²) in [5.74, 6) is 1.74. The molecule has 1 aliphatic rings. The minimum atomic E-state index is 0.128. The van der Waals surface area contributed by atoms with Crippen molar-refractivity contribution in [3.63, 3.8) is 0 Å². The second-order valence-corrected chi connectivity index (χ2v) is 5.68. The number of alkyl halides is 1. The Kier molecular flexibility index (Phi) is 4.62. The maximum atomic E-state index is 6.41. The molecule has 3 heteroatoms. The molecule has 0 radical (unpaired) electrons. The number of benzene rings is 1. The van der Waals surface area contributed by atoms with E-state index < -0.39 is 0 Å². The summed E-state index contributed by atoms with van der Waals surface area (Å²) in [7, 11) is 0. The van der Waals surface area contributed by atoms with E-state index in [9.17, 15) is 0 Å². The van der Waals surface area contributed by atoms with E-state index in [1.807, 2.05) is 31.2 Å². The van der Waals surface area contributed by atoms with Crippen LogP contribution in [0.4, 0.5) is 0 Å². The van der Waals surface area contributed by atoms with E-state index in [1.165, 1.54) is 0 Å². The molecule has 2 nitrogen and oxygen atoms in total. The summed E-state index contributed by atoms with van der Waals surface area (Å²) >= 11 is 6.41. The first-order chi connectivity index (χ1) is 9.16.